The van der Waals surface area contributed by atoms with Gasteiger partial charge in [0.15, 0.2) is 0 Å². The van der Waals surface area contributed by atoms with Crippen LogP contribution in [0.1, 0.15) is 48.9 Å². The van der Waals surface area contributed by atoms with Gasteiger partial charge in [-0.3, -0.25) is 0 Å². The van der Waals surface area contributed by atoms with Crippen molar-refractivity contribution in [3.8, 4) is 11.3 Å². The van der Waals surface area contributed by atoms with Crippen LogP contribution in [0.4, 0.5) is 0 Å². The van der Waals surface area contributed by atoms with Gasteiger partial charge in [-0.25, -0.2) is 0 Å². The van der Waals surface area contributed by atoms with Gasteiger partial charge in [0.25, 0.3) is 0 Å². The van der Waals surface area contributed by atoms with Crippen LogP contribution in [0.3, 0.4) is 0 Å². The van der Waals surface area contributed by atoms with Crippen molar-refractivity contribution >= 4 is 0 Å². The summed E-state index contributed by atoms with van der Waals surface area (Å²) in [4.78, 5) is 1.83. The molecule has 4 rings (SSSR count). The van der Waals surface area contributed by atoms with Gasteiger partial charge >= 0.3 is 0 Å². The summed E-state index contributed by atoms with van der Waals surface area (Å²) in [5.74, 6) is 0. The number of hydrogen-bond donors (Lipinski definition) is 1. The quantitative estimate of drug-likeness (QED) is 0.423. The first-order valence-electron chi connectivity index (χ1n) is 10.7. The lowest BCUT2D eigenvalue weighted by Crippen LogP contribution is -2.17. The first kappa shape index (κ1) is 19.6. The van der Waals surface area contributed by atoms with Crippen LogP contribution < -0.4 is 5.32 Å². The van der Waals surface area contributed by atoms with E-state index in [1.54, 1.807) is 5.57 Å². The van der Waals surface area contributed by atoms with Crippen molar-refractivity contribution in [2.45, 2.75) is 52.1 Å². The molecule has 4 nitrogen and oxygen atoms in total. The van der Waals surface area contributed by atoms with Gasteiger partial charge in [0.2, 0.25) is 0 Å². The lowest BCUT2D eigenvalue weighted by molar-refractivity contribution is 0.574. The van der Waals surface area contributed by atoms with E-state index in [4.69, 9.17) is 10.2 Å². The number of allylic oxidation sites excluding steroid dienone is 1. The molecule has 1 aromatic heterocycles. The van der Waals surface area contributed by atoms with Gasteiger partial charge in [-0.05, 0) is 51.1 Å². The zero-order valence-electron chi connectivity index (χ0n) is 17.3. The highest BCUT2D eigenvalue weighted by molar-refractivity contribution is 5.60. The normalized spacial score (nSPS) is 14.0. The topological polar surface area (TPSA) is 42.7 Å². The molecule has 1 N–H and O–H groups in total. The molecule has 0 atom stereocenters. The molecule has 29 heavy (non-hydrogen) atoms. The molecule has 0 unspecified atom stereocenters. The molecule has 4 heteroatoms. The summed E-state index contributed by atoms with van der Waals surface area (Å²) in [5, 5.41) is 13.2. The molecule has 1 aliphatic carbocycles. The van der Waals surface area contributed by atoms with E-state index >= 15 is 0 Å². The first-order chi connectivity index (χ1) is 14.3. The highest BCUT2D eigenvalue weighted by atomic mass is 15.5. The van der Waals surface area contributed by atoms with E-state index in [2.05, 4.69) is 66.8 Å². The average Bonchev–Trinajstić information content (AvgIpc) is 3.17. The van der Waals surface area contributed by atoms with Crippen molar-refractivity contribution in [3.63, 3.8) is 0 Å². The maximum Gasteiger partial charge on any atom is 0.117 e. The molecule has 0 bridgehead atoms. The van der Waals surface area contributed by atoms with Gasteiger partial charge < -0.3 is 5.32 Å². The zero-order valence-corrected chi connectivity index (χ0v) is 17.3. The molecule has 1 aliphatic rings. The second-order valence-electron chi connectivity index (χ2n) is 7.91. The zero-order chi connectivity index (χ0) is 19.9. The summed E-state index contributed by atoms with van der Waals surface area (Å²) in [7, 11) is 0. The van der Waals surface area contributed by atoms with Crippen LogP contribution in [0.5, 0.6) is 0 Å². The van der Waals surface area contributed by atoms with E-state index in [-0.39, 0.29) is 0 Å². The monoisotopic (exact) mass is 386 g/mol. The molecule has 0 amide bonds. The third-order valence-corrected chi connectivity index (χ3v) is 5.52. The van der Waals surface area contributed by atoms with E-state index in [1.165, 1.54) is 36.8 Å². The molecular weight excluding hydrogens is 356 g/mol. The molecule has 3 aromatic rings. The predicted molar refractivity (Wildman–Crippen MR) is 119 cm³/mol. The fourth-order valence-corrected chi connectivity index (χ4v) is 3.84. The Balaban J connectivity index is 1.45. The number of nitrogens with one attached hydrogen (secondary N) is 1. The first-order valence-corrected chi connectivity index (χ1v) is 10.7. The Morgan fingerprint density at radius 2 is 1.79 bits per heavy atom. The number of aromatic nitrogens is 3. The summed E-state index contributed by atoms with van der Waals surface area (Å²) < 4.78 is 0. The van der Waals surface area contributed by atoms with Gasteiger partial charge in [0, 0.05) is 12.1 Å². The Morgan fingerprint density at radius 1 is 0.966 bits per heavy atom. The van der Waals surface area contributed by atoms with E-state index in [0.29, 0.717) is 6.54 Å². The highest BCUT2D eigenvalue weighted by Gasteiger charge is 2.13. The summed E-state index contributed by atoms with van der Waals surface area (Å²) in [6, 6.07) is 18.9. The highest BCUT2D eigenvalue weighted by Crippen LogP contribution is 2.21. The van der Waals surface area contributed by atoms with Gasteiger partial charge in [-0.2, -0.15) is 15.0 Å². The fourth-order valence-electron chi connectivity index (χ4n) is 3.84. The Kier molecular flexibility index (Phi) is 6.52. The largest absolute Gasteiger partial charge is 0.311 e. The van der Waals surface area contributed by atoms with Crippen LogP contribution in [0, 0.1) is 6.92 Å². The van der Waals surface area contributed by atoms with Crippen LogP contribution in [-0.2, 0) is 13.1 Å². The van der Waals surface area contributed by atoms with Gasteiger partial charge in [-0.15, -0.1) is 0 Å². The third kappa shape index (κ3) is 5.42. The molecular formula is C25H30N4. The molecule has 150 valence electrons. The maximum absolute atomic E-state index is 4.82. The van der Waals surface area contributed by atoms with Crippen molar-refractivity contribution in [2.24, 2.45) is 0 Å². The van der Waals surface area contributed by atoms with Gasteiger partial charge in [-0.1, -0.05) is 71.8 Å². The Bertz CT molecular complexity index is 939. The van der Waals surface area contributed by atoms with Crippen molar-refractivity contribution in [2.75, 3.05) is 6.54 Å². The Hall–Kier alpha value is -2.72. The molecule has 0 saturated carbocycles. The van der Waals surface area contributed by atoms with E-state index < -0.39 is 0 Å². The predicted octanol–water partition coefficient (Wildman–Crippen LogP) is 5.28. The smallest absolute Gasteiger partial charge is 0.117 e. The molecule has 0 aliphatic heterocycles. The lowest BCUT2D eigenvalue weighted by atomic mass is 9.97. The fraction of sp³-hybridized carbons (Fsp3) is 0.360. The SMILES string of the molecule is Cc1ccc(Cn2nc(CNCCC3=CCCCC3)c(-c3ccccc3)n2)cc1. The van der Waals surface area contributed by atoms with Gasteiger partial charge in [0.05, 0.1) is 6.54 Å². The number of benzene rings is 2. The summed E-state index contributed by atoms with van der Waals surface area (Å²) in [6.07, 6.45) is 8.78. The minimum atomic E-state index is 0.687. The van der Waals surface area contributed by atoms with Crippen molar-refractivity contribution < 1.29 is 0 Å². The Labute approximate surface area is 173 Å². The van der Waals surface area contributed by atoms with Crippen LogP contribution in [-0.4, -0.2) is 21.5 Å². The Morgan fingerprint density at radius 3 is 2.55 bits per heavy atom. The van der Waals surface area contributed by atoms with E-state index in [0.717, 1.165) is 36.5 Å². The molecule has 0 radical (unpaired) electrons. The number of aryl methyl sites for hydroxylation is 1. The van der Waals surface area contributed by atoms with Crippen LogP contribution in [0.25, 0.3) is 11.3 Å². The van der Waals surface area contributed by atoms with Crippen molar-refractivity contribution in [1.29, 1.82) is 0 Å². The summed E-state index contributed by atoms with van der Waals surface area (Å²) >= 11 is 0. The van der Waals surface area contributed by atoms with E-state index in [9.17, 15) is 0 Å². The molecule has 0 fully saturated rings. The van der Waals surface area contributed by atoms with Gasteiger partial charge in [0.1, 0.15) is 11.4 Å². The molecule has 1 heterocycles. The second kappa shape index (κ2) is 9.66. The van der Waals surface area contributed by atoms with Crippen LogP contribution in [0.15, 0.2) is 66.2 Å². The molecule has 0 saturated heterocycles. The number of rotatable bonds is 8. The van der Waals surface area contributed by atoms with E-state index in [1.807, 2.05) is 10.9 Å². The third-order valence-electron chi connectivity index (χ3n) is 5.52. The van der Waals surface area contributed by atoms with Crippen LogP contribution in [0.2, 0.25) is 0 Å². The second-order valence-corrected chi connectivity index (χ2v) is 7.91. The minimum Gasteiger partial charge on any atom is -0.311 e. The van der Waals surface area contributed by atoms with Crippen LogP contribution >= 0.6 is 0 Å². The maximum atomic E-state index is 4.82. The average molecular weight is 387 g/mol. The summed E-state index contributed by atoms with van der Waals surface area (Å²) in [6.45, 7) is 4.53. The minimum absolute atomic E-state index is 0.687. The van der Waals surface area contributed by atoms with Crippen molar-refractivity contribution in [3.05, 3.63) is 83.1 Å². The number of hydrogen-bond acceptors (Lipinski definition) is 3. The van der Waals surface area contributed by atoms with Crippen molar-refractivity contribution in [1.82, 2.24) is 20.3 Å². The molecule has 0 spiro atoms. The summed E-state index contributed by atoms with van der Waals surface area (Å²) in [5.41, 5.74) is 7.20. The lowest BCUT2D eigenvalue weighted by Gasteiger charge is -2.12. The standard InChI is InChI=1S/C25H30N4/c1-20-12-14-22(15-13-20)19-29-27-24(25(28-29)23-10-6-3-7-11-23)18-26-17-16-21-8-4-2-5-9-21/h3,6-8,10-15,26H,2,4-5,9,16-19H2,1H3. The number of nitrogens with zero attached hydrogens (tertiary/aromatic N) is 3. The molecule has 2 aromatic carbocycles.